The summed E-state index contributed by atoms with van der Waals surface area (Å²) in [6, 6.07) is 1.08. The van der Waals surface area contributed by atoms with Crippen molar-refractivity contribution in [1.82, 2.24) is 20.4 Å². The topological polar surface area (TPSA) is 69.2 Å². The first-order valence-corrected chi connectivity index (χ1v) is 8.76. The third kappa shape index (κ3) is 10.4. The van der Waals surface area contributed by atoms with Gasteiger partial charge in [0.2, 0.25) is 5.91 Å². The van der Waals surface area contributed by atoms with Crippen molar-refractivity contribution in [2.45, 2.75) is 46.2 Å². The number of methoxy groups -OCH3 is 1. The van der Waals surface area contributed by atoms with Gasteiger partial charge in [-0.3, -0.25) is 9.69 Å². The lowest BCUT2D eigenvalue weighted by molar-refractivity contribution is -0.127. The monoisotopic (exact) mass is 343 g/mol. The molecule has 0 spiro atoms. The maximum absolute atomic E-state index is 11.7. The van der Waals surface area contributed by atoms with Gasteiger partial charge in [-0.1, -0.05) is 0 Å². The van der Waals surface area contributed by atoms with Crippen LogP contribution < -0.4 is 10.6 Å². The molecule has 0 saturated heterocycles. The summed E-state index contributed by atoms with van der Waals surface area (Å²) in [6.07, 6.45) is 1.02. The summed E-state index contributed by atoms with van der Waals surface area (Å²) in [7, 11) is 5.12. The number of hydrogen-bond donors (Lipinski definition) is 2. The van der Waals surface area contributed by atoms with E-state index in [4.69, 9.17) is 4.74 Å². The van der Waals surface area contributed by atoms with Gasteiger partial charge in [0.1, 0.15) is 6.54 Å². The van der Waals surface area contributed by atoms with Gasteiger partial charge >= 0.3 is 0 Å². The number of amides is 1. The Bertz CT molecular complexity index is 362. The van der Waals surface area contributed by atoms with E-state index in [0.29, 0.717) is 31.2 Å². The minimum absolute atomic E-state index is 0.0198. The van der Waals surface area contributed by atoms with E-state index in [-0.39, 0.29) is 12.5 Å². The molecule has 0 aliphatic carbocycles. The Morgan fingerprint density at radius 1 is 1.08 bits per heavy atom. The van der Waals surface area contributed by atoms with Gasteiger partial charge in [-0.05, 0) is 34.1 Å². The smallest absolute Gasteiger partial charge is 0.243 e. The van der Waals surface area contributed by atoms with Crippen molar-refractivity contribution < 1.29 is 9.53 Å². The van der Waals surface area contributed by atoms with Crippen molar-refractivity contribution in [2.75, 3.05) is 54.0 Å². The minimum atomic E-state index is -0.0198. The number of likely N-dealkylation sites (N-methyl/N-ethyl adjacent to an activating group) is 1. The van der Waals surface area contributed by atoms with Crippen molar-refractivity contribution in [3.63, 3.8) is 0 Å². The van der Waals surface area contributed by atoms with Crippen LogP contribution in [-0.2, 0) is 9.53 Å². The zero-order valence-corrected chi connectivity index (χ0v) is 16.6. The Morgan fingerprint density at radius 3 is 2.17 bits per heavy atom. The first-order chi connectivity index (χ1) is 11.3. The summed E-state index contributed by atoms with van der Waals surface area (Å²) in [6.45, 7) is 12.1. The molecule has 0 rings (SSSR count). The molecule has 0 saturated carbocycles. The van der Waals surface area contributed by atoms with E-state index >= 15 is 0 Å². The van der Waals surface area contributed by atoms with Gasteiger partial charge in [0.15, 0.2) is 5.96 Å². The number of nitrogens with one attached hydrogen (secondary N) is 2. The number of guanidine groups is 1. The summed E-state index contributed by atoms with van der Waals surface area (Å²) >= 11 is 0. The zero-order chi connectivity index (χ0) is 18.5. The van der Waals surface area contributed by atoms with Crippen LogP contribution in [-0.4, -0.2) is 87.7 Å². The molecule has 0 bridgehead atoms. The number of hydrogen-bond acceptors (Lipinski definition) is 4. The standard InChI is InChI=1S/C17H37N5O2/c1-14(2)22(15(3)4)11-8-9-18-17(19-10-12-24-7)20-13-16(23)21(5)6/h14-15H,8-13H2,1-7H3,(H2,18,19,20). The molecule has 0 aromatic heterocycles. The molecule has 0 fully saturated rings. The van der Waals surface area contributed by atoms with E-state index in [2.05, 4.69) is 48.2 Å². The van der Waals surface area contributed by atoms with Gasteiger partial charge in [-0.25, -0.2) is 4.99 Å². The summed E-state index contributed by atoms with van der Waals surface area (Å²) in [4.78, 5) is 20.0. The lowest BCUT2D eigenvalue weighted by atomic mass is 10.2. The first kappa shape index (κ1) is 22.7. The molecule has 0 aromatic rings. The number of ether oxygens (including phenoxy) is 1. The highest BCUT2D eigenvalue weighted by Gasteiger charge is 2.12. The van der Waals surface area contributed by atoms with Crippen LogP contribution in [0.1, 0.15) is 34.1 Å². The average molecular weight is 344 g/mol. The quantitative estimate of drug-likeness (QED) is 0.329. The maximum Gasteiger partial charge on any atom is 0.243 e. The van der Waals surface area contributed by atoms with Gasteiger partial charge < -0.3 is 20.3 Å². The molecule has 0 radical (unpaired) electrons. The molecule has 0 aliphatic rings. The number of carbonyl (C=O) groups is 1. The van der Waals surface area contributed by atoms with Crippen LogP contribution in [0.15, 0.2) is 4.99 Å². The second kappa shape index (κ2) is 13.0. The van der Waals surface area contributed by atoms with E-state index in [1.165, 1.54) is 0 Å². The van der Waals surface area contributed by atoms with Crippen molar-refractivity contribution >= 4 is 11.9 Å². The lowest BCUT2D eigenvalue weighted by Crippen LogP contribution is -2.42. The molecule has 142 valence electrons. The van der Waals surface area contributed by atoms with E-state index in [1.807, 2.05) is 0 Å². The lowest BCUT2D eigenvalue weighted by Gasteiger charge is -2.30. The van der Waals surface area contributed by atoms with Crippen LogP contribution in [0.25, 0.3) is 0 Å². The first-order valence-electron chi connectivity index (χ1n) is 8.76. The fourth-order valence-electron chi connectivity index (χ4n) is 2.32. The van der Waals surface area contributed by atoms with Crippen molar-refractivity contribution in [3.8, 4) is 0 Å². The SMILES string of the molecule is COCCNC(=NCC(=O)N(C)C)NCCCN(C(C)C)C(C)C. The third-order valence-corrected chi connectivity index (χ3v) is 3.68. The second-order valence-electron chi connectivity index (χ2n) is 6.58. The van der Waals surface area contributed by atoms with E-state index in [0.717, 1.165) is 19.5 Å². The second-order valence-corrected chi connectivity index (χ2v) is 6.58. The fraction of sp³-hybridized carbons (Fsp3) is 0.882. The highest BCUT2D eigenvalue weighted by Crippen LogP contribution is 2.05. The van der Waals surface area contributed by atoms with Crippen LogP contribution in [0.3, 0.4) is 0 Å². The summed E-state index contributed by atoms with van der Waals surface area (Å²) < 4.78 is 5.04. The molecule has 7 heteroatoms. The highest BCUT2D eigenvalue weighted by molar-refractivity contribution is 5.84. The largest absolute Gasteiger partial charge is 0.383 e. The van der Waals surface area contributed by atoms with Crippen molar-refractivity contribution in [1.29, 1.82) is 0 Å². The molecule has 0 heterocycles. The summed E-state index contributed by atoms with van der Waals surface area (Å²) in [5.41, 5.74) is 0. The Labute approximate surface area is 147 Å². The zero-order valence-electron chi connectivity index (χ0n) is 16.6. The van der Waals surface area contributed by atoms with Gasteiger partial charge in [-0.15, -0.1) is 0 Å². The molecule has 0 atom stereocenters. The highest BCUT2D eigenvalue weighted by atomic mass is 16.5. The average Bonchev–Trinajstić information content (AvgIpc) is 2.50. The van der Waals surface area contributed by atoms with Gasteiger partial charge in [0, 0.05) is 52.9 Å². The molecule has 2 N–H and O–H groups in total. The molecule has 0 unspecified atom stereocenters. The molecule has 1 amide bonds. The Kier molecular flexibility index (Phi) is 12.3. The number of carbonyl (C=O) groups excluding carboxylic acids is 1. The molecule has 0 aromatic carbocycles. The Balaban J connectivity index is 4.38. The number of nitrogens with zero attached hydrogens (tertiary/aromatic N) is 3. The molecular formula is C17H37N5O2. The Hall–Kier alpha value is -1.34. The molecule has 24 heavy (non-hydrogen) atoms. The van der Waals surface area contributed by atoms with E-state index in [1.54, 1.807) is 26.1 Å². The number of aliphatic imine (C=N–C) groups is 1. The molecular weight excluding hydrogens is 306 g/mol. The molecule has 7 nitrogen and oxygen atoms in total. The summed E-state index contributed by atoms with van der Waals surface area (Å²) in [5.74, 6) is 0.636. The van der Waals surface area contributed by atoms with Gasteiger partial charge in [0.25, 0.3) is 0 Å². The normalized spacial score (nSPS) is 12.2. The van der Waals surface area contributed by atoms with Crippen LogP contribution in [0.5, 0.6) is 0 Å². The van der Waals surface area contributed by atoms with E-state index < -0.39 is 0 Å². The van der Waals surface area contributed by atoms with Crippen molar-refractivity contribution in [3.05, 3.63) is 0 Å². The predicted octanol–water partition coefficient (Wildman–Crippen LogP) is 0.765. The predicted molar refractivity (Wildman–Crippen MR) is 100 cm³/mol. The van der Waals surface area contributed by atoms with Gasteiger partial charge in [-0.2, -0.15) is 0 Å². The third-order valence-electron chi connectivity index (χ3n) is 3.68. The molecule has 0 aliphatic heterocycles. The van der Waals surface area contributed by atoms with Crippen LogP contribution >= 0.6 is 0 Å². The minimum Gasteiger partial charge on any atom is -0.383 e. The van der Waals surface area contributed by atoms with Gasteiger partial charge in [0.05, 0.1) is 6.61 Å². The van der Waals surface area contributed by atoms with Crippen molar-refractivity contribution in [2.24, 2.45) is 4.99 Å². The van der Waals surface area contributed by atoms with E-state index in [9.17, 15) is 4.79 Å². The van der Waals surface area contributed by atoms with Crippen LogP contribution in [0, 0.1) is 0 Å². The number of rotatable bonds is 11. The maximum atomic E-state index is 11.7. The summed E-state index contributed by atoms with van der Waals surface area (Å²) in [5, 5.41) is 6.47. The van der Waals surface area contributed by atoms with Crippen LogP contribution in [0.2, 0.25) is 0 Å². The Morgan fingerprint density at radius 2 is 1.67 bits per heavy atom. The van der Waals surface area contributed by atoms with Crippen LogP contribution in [0.4, 0.5) is 0 Å². The fourth-order valence-corrected chi connectivity index (χ4v) is 2.32.